The fourth-order valence-electron chi connectivity index (χ4n) is 2.38. The minimum atomic E-state index is -0.619. The molecule has 2 heterocycles. The number of hydrogen-bond donors (Lipinski definition) is 3. The highest BCUT2D eigenvalue weighted by Gasteiger charge is 2.17. The van der Waals surface area contributed by atoms with Gasteiger partial charge in [0.1, 0.15) is 0 Å². The second kappa shape index (κ2) is 8.98. The molecule has 1 aromatic carbocycles. The summed E-state index contributed by atoms with van der Waals surface area (Å²) < 4.78 is 1.97. The lowest BCUT2D eigenvalue weighted by molar-refractivity contribution is -0.125. The number of benzene rings is 1. The smallest absolute Gasteiger partial charge is 0.243 e. The first-order valence-electron chi connectivity index (χ1n) is 8.30. The summed E-state index contributed by atoms with van der Waals surface area (Å²) in [4.78, 5) is 29.2. The molecule has 7 nitrogen and oxygen atoms in total. The molecule has 2 amide bonds. The van der Waals surface area contributed by atoms with Gasteiger partial charge in [0.05, 0.1) is 18.3 Å². The number of nitrogens with two attached hydrogens (primary N) is 1. The molecule has 0 unspecified atom stereocenters. The molecule has 3 rings (SSSR count). The summed E-state index contributed by atoms with van der Waals surface area (Å²) in [5.74, 6) is -0.612. The number of amides is 2. The van der Waals surface area contributed by atoms with Gasteiger partial charge in [0, 0.05) is 29.0 Å². The molecule has 0 aliphatic heterocycles. The molecule has 3 aromatic rings. The second-order valence-electron chi connectivity index (χ2n) is 6.33. The molecule has 4 N–H and O–H groups in total. The van der Waals surface area contributed by atoms with Gasteiger partial charge in [0.2, 0.25) is 11.8 Å². The van der Waals surface area contributed by atoms with E-state index in [1.807, 2.05) is 60.3 Å². The standard InChI is InChI=1S/C18H21N5O2S.ClH/c1-11(2)16(19)17(25)20-9-15(24)21-13-5-3-12(4-6-13)14-10-23-7-8-26-18(23)22-14;/h3-8,10-11,16H,9,19H2,1-2H3,(H,20,25)(H,21,24);1H/t16-;/m0./s1. The first kappa shape index (κ1) is 20.9. The van der Waals surface area contributed by atoms with Crippen LogP contribution in [0.1, 0.15) is 13.8 Å². The van der Waals surface area contributed by atoms with Crippen molar-refractivity contribution in [3.05, 3.63) is 42.0 Å². The molecule has 9 heteroatoms. The first-order valence-corrected chi connectivity index (χ1v) is 9.18. The van der Waals surface area contributed by atoms with E-state index >= 15 is 0 Å². The maximum absolute atomic E-state index is 12.0. The summed E-state index contributed by atoms with van der Waals surface area (Å²) in [7, 11) is 0. The number of fused-ring (bicyclic) bond motifs is 1. The number of aromatic nitrogens is 2. The lowest BCUT2D eigenvalue weighted by Crippen LogP contribution is -2.46. The number of rotatable bonds is 6. The van der Waals surface area contributed by atoms with Crippen LogP contribution in [0, 0.1) is 5.92 Å². The van der Waals surface area contributed by atoms with Crippen LogP contribution in [-0.4, -0.2) is 33.8 Å². The number of carbonyl (C=O) groups excluding carboxylic acids is 2. The van der Waals surface area contributed by atoms with E-state index < -0.39 is 6.04 Å². The number of imidazole rings is 1. The van der Waals surface area contributed by atoms with Crippen molar-refractivity contribution >= 4 is 46.2 Å². The van der Waals surface area contributed by atoms with Crippen LogP contribution < -0.4 is 16.4 Å². The second-order valence-corrected chi connectivity index (χ2v) is 7.21. The zero-order valence-electron chi connectivity index (χ0n) is 15.0. The molecule has 0 fully saturated rings. The van der Waals surface area contributed by atoms with Crippen LogP contribution in [0.2, 0.25) is 0 Å². The van der Waals surface area contributed by atoms with Crippen molar-refractivity contribution in [3.8, 4) is 11.3 Å². The fourth-order valence-corrected chi connectivity index (χ4v) is 3.08. The summed E-state index contributed by atoms with van der Waals surface area (Å²) in [6, 6.07) is 6.79. The Kier molecular flexibility index (Phi) is 6.95. The van der Waals surface area contributed by atoms with Crippen molar-refractivity contribution < 1.29 is 9.59 Å². The highest BCUT2D eigenvalue weighted by Crippen LogP contribution is 2.23. The molecule has 0 aliphatic rings. The third kappa shape index (κ3) is 5.06. The van der Waals surface area contributed by atoms with Gasteiger partial charge < -0.3 is 16.4 Å². The van der Waals surface area contributed by atoms with Gasteiger partial charge in [0.15, 0.2) is 4.96 Å². The number of halogens is 1. The monoisotopic (exact) mass is 407 g/mol. The number of hydrogen-bond acceptors (Lipinski definition) is 5. The molecule has 0 aliphatic carbocycles. The van der Waals surface area contributed by atoms with Crippen molar-refractivity contribution in [1.29, 1.82) is 0 Å². The lowest BCUT2D eigenvalue weighted by atomic mass is 10.1. The molecule has 0 bridgehead atoms. The molecular formula is C18H22ClN5O2S. The molecule has 2 aromatic heterocycles. The molecule has 144 valence electrons. The average molecular weight is 408 g/mol. The van der Waals surface area contributed by atoms with Crippen molar-refractivity contribution in [3.63, 3.8) is 0 Å². The van der Waals surface area contributed by atoms with Crippen molar-refractivity contribution in [1.82, 2.24) is 14.7 Å². The zero-order chi connectivity index (χ0) is 18.7. The quantitative estimate of drug-likeness (QED) is 0.584. The minimum Gasteiger partial charge on any atom is -0.346 e. The van der Waals surface area contributed by atoms with Crippen LogP contribution >= 0.6 is 23.7 Å². The van der Waals surface area contributed by atoms with Gasteiger partial charge in [-0.05, 0) is 18.1 Å². The SMILES string of the molecule is CC(C)[C@H](N)C(=O)NCC(=O)Nc1ccc(-c2cn3ccsc3n2)cc1.Cl. The Bertz CT molecular complexity index is 891. The number of nitrogens with one attached hydrogen (secondary N) is 2. The van der Waals surface area contributed by atoms with Gasteiger partial charge in [0.25, 0.3) is 0 Å². The van der Waals surface area contributed by atoms with Gasteiger partial charge in [-0.2, -0.15) is 0 Å². The van der Waals surface area contributed by atoms with Crippen LogP contribution in [0.4, 0.5) is 5.69 Å². The Morgan fingerprint density at radius 3 is 2.59 bits per heavy atom. The third-order valence-corrected chi connectivity index (χ3v) is 4.77. The number of carbonyl (C=O) groups is 2. The van der Waals surface area contributed by atoms with Gasteiger partial charge in [-0.15, -0.1) is 23.7 Å². The highest BCUT2D eigenvalue weighted by atomic mass is 35.5. The number of anilines is 1. The van der Waals surface area contributed by atoms with E-state index in [-0.39, 0.29) is 36.7 Å². The number of nitrogens with zero attached hydrogens (tertiary/aromatic N) is 2. The normalized spacial score (nSPS) is 11.9. The minimum absolute atomic E-state index is 0. The van der Waals surface area contributed by atoms with Crippen molar-refractivity contribution in [2.24, 2.45) is 11.7 Å². The summed E-state index contributed by atoms with van der Waals surface area (Å²) in [5.41, 5.74) is 8.24. The van der Waals surface area contributed by atoms with E-state index in [1.54, 1.807) is 11.3 Å². The molecule has 1 atom stereocenters. The molecular weight excluding hydrogens is 386 g/mol. The van der Waals surface area contributed by atoms with E-state index in [4.69, 9.17) is 5.73 Å². The van der Waals surface area contributed by atoms with Crippen LogP contribution in [0.25, 0.3) is 16.2 Å². The fraction of sp³-hybridized carbons (Fsp3) is 0.278. The Hall–Kier alpha value is -2.42. The summed E-state index contributed by atoms with van der Waals surface area (Å²) in [5, 5.41) is 7.28. The van der Waals surface area contributed by atoms with E-state index in [2.05, 4.69) is 15.6 Å². The van der Waals surface area contributed by atoms with Gasteiger partial charge in [-0.3, -0.25) is 14.0 Å². The largest absolute Gasteiger partial charge is 0.346 e. The summed E-state index contributed by atoms with van der Waals surface area (Å²) in [6.45, 7) is 3.60. The van der Waals surface area contributed by atoms with Crippen molar-refractivity contribution in [2.75, 3.05) is 11.9 Å². The zero-order valence-corrected chi connectivity index (χ0v) is 16.6. The van der Waals surface area contributed by atoms with E-state index in [9.17, 15) is 9.59 Å². The molecule has 0 spiro atoms. The van der Waals surface area contributed by atoms with E-state index in [0.29, 0.717) is 5.69 Å². The van der Waals surface area contributed by atoms with Gasteiger partial charge >= 0.3 is 0 Å². The Balaban J connectivity index is 0.00000261. The average Bonchev–Trinajstić information content (AvgIpc) is 3.21. The maximum atomic E-state index is 12.0. The topological polar surface area (TPSA) is 102 Å². The lowest BCUT2D eigenvalue weighted by Gasteiger charge is -2.15. The first-order chi connectivity index (χ1) is 12.4. The Morgan fingerprint density at radius 2 is 1.96 bits per heavy atom. The van der Waals surface area contributed by atoms with Gasteiger partial charge in [-0.25, -0.2) is 4.98 Å². The Morgan fingerprint density at radius 1 is 1.26 bits per heavy atom. The summed E-state index contributed by atoms with van der Waals surface area (Å²) in [6.07, 6.45) is 3.93. The molecule has 27 heavy (non-hydrogen) atoms. The molecule has 0 saturated heterocycles. The number of thiazole rings is 1. The van der Waals surface area contributed by atoms with Crippen molar-refractivity contribution in [2.45, 2.75) is 19.9 Å². The molecule has 0 saturated carbocycles. The van der Waals surface area contributed by atoms with Gasteiger partial charge in [-0.1, -0.05) is 26.0 Å². The van der Waals surface area contributed by atoms with Crippen LogP contribution in [-0.2, 0) is 9.59 Å². The van der Waals surface area contributed by atoms with E-state index in [1.165, 1.54) is 0 Å². The maximum Gasteiger partial charge on any atom is 0.243 e. The van der Waals surface area contributed by atoms with E-state index in [0.717, 1.165) is 16.2 Å². The predicted molar refractivity (Wildman–Crippen MR) is 110 cm³/mol. The summed E-state index contributed by atoms with van der Waals surface area (Å²) >= 11 is 1.58. The third-order valence-electron chi connectivity index (χ3n) is 4.00. The van der Waals surface area contributed by atoms with Crippen LogP contribution in [0.5, 0.6) is 0 Å². The van der Waals surface area contributed by atoms with Crippen LogP contribution in [0.15, 0.2) is 42.0 Å². The molecule has 0 radical (unpaired) electrons. The van der Waals surface area contributed by atoms with Crippen LogP contribution in [0.3, 0.4) is 0 Å². The predicted octanol–water partition coefficient (Wildman–Crippen LogP) is 2.52. The Labute approximate surface area is 167 Å². The highest BCUT2D eigenvalue weighted by molar-refractivity contribution is 7.15.